The van der Waals surface area contributed by atoms with Crippen molar-refractivity contribution in [3.05, 3.63) is 28.5 Å². The SMILES string of the molecule is CCNC(=O)CCNc1c(F)cccc1Br. The molecule has 2 N–H and O–H groups in total. The highest BCUT2D eigenvalue weighted by molar-refractivity contribution is 9.10. The van der Waals surface area contributed by atoms with Gasteiger partial charge < -0.3 is 10.6 Å². The van der Waals surface area contributed by atoms with E-state index >= 15 is 0 Å². The molecular weight excluding hydrogens is 275 g/mol. The van der Waals surface area contributed by atoms with Crippen molar-refractivity contribution in [2.24, 2.45) is 0 Å². The van der Waals surface area contributed by atoms with Crippen LogP contribution >= 0.6 is 15.9 Å². The molecule has 0 atom stereocenters. The van der Waals surface area contributed by atoms with Crippen LogP contribution in [-0.4, -0.2) is 19.0 Å². The minimum Gasteiger partial charge on any atom is -0.381 e. The van der Waals surface area contributed by atoms with Crippen LogP contribution in [0.1, 0.15) is 13.3 Å². The van der Waals surface area contributed by atoms with E-state index in [9.17, 15) is 9.18 Å². The van der Waals surface area contributed by atoms with Crippen LogP contribution in [0.5, 0.6) is 0 Å². The van der Waals surface area contributed by atoms with Crippen molar-refractivity contribution in [3.8, 4) is 0 Å². The van der Waals surface area contributed by atoms with Gasteiger partial charge in [0.15, 0.2) is 0 Å². The first-order chi connectivity index (χ1) is 7.65. The number of benzene rings is 1. The van der Waals surface area contributed by atoms with E-state index in [0.717, 1.165) is 0 Å². The molecule has 16 heavy (non-hydrogen) atoms. The Morgan fingerprint density at radius 2 is 2.25 bits per heavy atom. The number of rotatable bonds is 5. The quantitative estimate of drug-likeness (QED) is 0.874. The highest BCUT2D eigenvalue weighted by atomic mass is 79.9. The molecular formula is C11H14BrFN2O. The van der Waals surface area contributed by atoms with E-state index < -0.39 is 0 Å². The number of para-hydroxylation sites is 1. The van der Waals surface area contributed by atoms with Gasteiger partial charge in [-0.05, 0) is 35.0 Å². The van der Waals surface area contributed by atoms with Crippen LogP contribution in [0.15, 0.2) is 22.7 Å². The molecule has 1 aromatic carbocycles. The summed E-state index contributed by atoms with van der Waals surface area (Å²) in [6.45, 7) is 2.88. The van der Waals surface area contributed by atoms with E-state index in [2.05, 4.69) is 26.6 Å². The van der Waals surface area contributed by atoms with Crippen LogP contribution in [0, 0.1) is 5.82 Å². The lowest BCUT2D eigenvalue weighted by atomic mass is 10.3. The zero-order chi connectivity index (χ0) is 12.0. The molecule has 0 aliphatic rings. The fraction of sp³-hybridized carbons (Fsp3) is 0.364. The van der Waals surface area contributed by atoms with Crippen molar-refractivity contribution in [2.75, 3.05) is 18.4 Å². The van der Waals surface area contributed by atoms with Gasteiger partial charge in [0.05, 0.1) is 5.69 Å². The number of amides is 1. The standard InChI is InChI=1S/C11H14BrFN2O/c1-2-14-10(16)6-7-15-11-8(12)4-3-5-9(11)13/h3-5,15H,2,6-7H2,1H3,(H,14,16). The number of carbonyl (C=O) groups is 1. The summed E-state index contributed by atoms with van der Waals surface area (Å²) in [5.74, 6) is -0.368. The Labute approximate surface area is 103 Å². The number of hydrogen-bond acceptors (Lipinski definition) is 2. The maximum absolute atomic E-state index is 13.3. The first kappa shape index (κ1) is 13.0. The average Bonchev–Trinajstić information content (AvgIpc) is 2.23. The number of anilines is 1. The second-order valence-corrected chi connectivity index (χ2v) is 4.08. The van der Waals surface area contributed by atoms with Gasteiger partial charge >= 0.3 is 0 Å². The molecule has 0 radical (unpaired) electrons. The van der Waals surface area contributed by atoms with E-state index in [-0.39, 0.29) is 11.7 Å². The van der Waals surface area contributed by atoms with E-state index in [1.165, 1.54) is 6.07 Å². The Kier molecular flexibility index (Phi) is 5.25. The number of nitrogens with one attached hydrogen (secondary N) is 2. The Hall–Kier alpha value is -1.10. The minimum atomic E-state index is -0.328. The highest BCUT2D eigenvalue weighted by Crippen LogP contribution is 2.24. The molecule has 0 saturated heterocycles. The first-order valence-corrected chi connectivity index (χ1v) is 5.89. The third-order valence-corrected chi connectivity index (χ3v) is 2.65. The monoisotopic (exact) mass is 288 g/mol. The van der Waals surface area contributed by atoms with Gasteiger partial charge in [0, 0.05) is 24.0 Å². The largest absolute Gasteiger partial charge is 0.381 e. The smallest absolute Gasteiger partial charge is 0.221 e. The topological polar surface area (TPSA) is 41.1 Å². The second kappa shape index (κ2) is 6.48. The van der Waals surface area contributed by atoms with Crippen molar-refractivity contribution in [1.82, 2.24) is 5.32 Å². The lowest BCUT2D eigenvalue weighted by Gasteiger charge is -2.09. The van der Waals surface area contributed by atoms with E-state index in [0.29, 0.717) is 29.7 Å². The van der Waals surface area contributed by atoms with Gasteiger partial charge in [0.1, 0.15) is 5.82 Å². The molecule has 0 unspecified atom stereocenters. The molecule has 1 amide bonds. The van der Waals surface area contributed by atoms with Crippen LogP contribution in [0.2, 0.25) is 0 Å². The van der Waals surface area contributed by atoms with Crippen molar-refractivity contribution in [3.63, 3.8) is 0 Å². The summed E-state index contributed by atoms with van der Waals surface area (Å²) in [4.78, 5) is 11.1. The molecule has 5 heteroatoms. The minimum absolute atomic E-state index is 0.0394. The average molecular weight is 289 g/mol. The van der Waals surface area contributed by atoms with Gasteiger partial charge in [-0.2, -0.15) is 0 Å². The maximum atomic E-state index is 13.3. The molecule has 3 nitrogen and oxygen atoms in total. The van der Waals surface area contributed by atoms with E-state index in [4.69, 9.17) is 0 Å². The molecule has 1 rings (SSSR count). The fourth-order valence-electron chi connectivity index (χ4n) is 1.25. The molecule has 0 aliphatic heterocycles. The Morgan fingerprint density at radius 1 is 1.50 bits per heavy atom. The normalized spacial score (nSPS) is 9.94. The lowest BCUT2D eigenvalue weighted by Crippen LogP contribution is -2.24. The van der Waals surface area contributed by atoms with Gasteiger partial charge in [-0.1, -0.05) is 6.07 Å². The Balaban J connectivity index is 2.46. The molecule has 0 spiro atoms. The van der Waals surface area contributed by atoms with E-state index in [1.807, 2.05) is 6.92 Å². The van der Waals surface area contributed by atoms with Gasteiger partial charge in [0.2, 0.25) is 5.91 Å². The summed E-state index contributed by atoms with van der Waals surface area (Å²) in [5, 5.41) is 5.56. The van der Waals surface area contributed by atoms with Crippen LogP contribution < -0.4 is 10.6 Å². The Bertz CT molecular complexity index is 351. The number of hydrogen-bond donors (Lipinski definition) is 2. The highest BCUT2D eigenvalue weighted by Gasteiger charge is 2.06. The second-order valence-electron chi connectivity index (χ2n) is 3.23. The predicted molar refractivity (Wildman–Crippen MR) is 65.9 cm³/mol. The third-order valence-electron chi connectivity index (χ3n) is 1.99. The summed E-state index contributed by atoms with van der Waals surface area (Å²) in [6, 6.07) is 4.74. The van der Waals surface area contributed by atoms with Crippen molar-refractivity contribution >= 4 is 27.5 Å². The first-order valence-electron chi connectivity index (χ1n) is 5.09. The van der Waals surface area contributed by atoms with Gasteiger partial charge in [-0.25, -0.2) is 4.39 Å². The summed E-state index contributed by atoms with van der Waals surface area (Å²) >= 11 is 3.24. The van der Waals surface area contributed by atoms with Gasteiger partial charge in [-0.3, -0.25) is 4.79 Å². The molecule has 0 aliphatic carbocycles. The molecule has 0 bridgehead atoms. The molecule has 0 heterocycles. The molecule has 0 aromatic heterocycles. The van der Waals surface area contributed by atoms with Gasteiger partial charge in [-0.15, -0.1) is 0 Å². The number of halogens is 2. The van der Waals surface area contributed by atoms with Crippen molar-refractivity contribution in [1.29, 1.82) is 0 Å². The van der Waals surface area contributed by atoms with Crippen LogP contribution in [0.25, 0.3) is 0 Å². The predicted octanol–water partition coefficient (Wildman–Crippen LogP) is 2.53. The van der Waals surface area contributed by atoms with Crippen molar-refractivity contribution < 1.29 is 9.18 Å². The van der Waals surface area contributed by atoms with Gasteiger partial charge in [0.25, 0.3) is 0 Å². The zero-order valence-corrected chi connectivity index (χ0v) is 10.6. The van der Waals surface area contributed by atoms with Crippen LogP contribution in [-0.2, 0) is 4.79 Å². The van der Waals surface area contributed by atoms with Crippen LogP contribution in [0.4, 0.5) is 10.1 Å². The molecule has 88 valence electrons. The van der Waals surface area contributed by atoms with E-state index in [1.54, 1.807) is 12.1 Å². The molecule has 1 aromatic rings. The maximum Gasteiger partial charge on any atom is 0.221 e. The summed E-state index contributed by atoms with van der Waals surface area (Å²) in [7, 11) is 0. The summed E-state index contributed by atoms with van der Waals surface area (Å²) in [6.07, 6.45) is 0.328. The summed E-state index contributed by atoms with van der Waals surface area (Å²) < 4.78 is 14.0. The fourth-order valence-corrected chi connectivity index (χ4v) is 1.74. The van der Waals surface area contributed by atoms with Crippen molar-refractivity contribution in [2.45, 2.75) is 13.3 Å². The molecule has 0 fully saturated rings. The Morgan fingerprint density at radius 3 is 2.88 bits per heavy atom. The summed E-state index contributed by atoms with van der Waals surface area (Å²) in [5.41, 5.74) is 0.395. The molecule has 0 saturated carbocycles. The number of carbonyl (C=O) groups excluding carboxylic acids is 1. The lowest BCUT2D eigenvalue weighted by molar-refractivity contribution is -0.120. The zero-order valence-electron chi connectivity index (χ0n) is 9.02. The van der Waals surface area contributed by atoms with Crippen LogP contribution in [0.3, 0.4) is 0 Å². The third kappa shape index (κ3) is 3.81.